The SMILES string of the molecule is CCc1ccc(C(=O)CCC(=O)N2CCN(S(=O)(=O)c3ccccc3)CC2)cc1. The Hall–Kier alpha value is -2.51. The predicted molar refractivity (Wildman–Crippen MR) is 111 cm³/mol. The highest BCUT2D eigenvalue weighted by Crippen LogP contribution is 2.18. The van der Waals surface area contributed by atoms with Crippen molar-refractivity contribution in [3.63, 3.8) is 0 Å². The van der Waals surface area contributed by atoms with E-state index in [1.165, 1.54) is 9.87 Å². The van der Waals surface area contributed by atoms with Gasteiger partial charge in [-0.1, -0.05) is 49.4 Å². The summed E-state index contributed by atoms with van der Waals surface area (Å²) in [6.07, 6.45) is 1.21. The van der Waals surface area contributed by atoms with Crippen LogP contribution in [0.4, 0.5) is 0 Å². The van der Waals surface area contributed by atoms with Gasteiger partial charge in [-0.3, -0.25) is 9.59 Å². The fourth-order valence-corrected chi connectivity index (χ4v) is 4.81. The average Bonchev–Trinajstić information content (AvgIpc) is 2.78. The van der Waals surface area contributed by atoms with Gasteiger partial charge in [0.15, 0.2) is 5.78 Å². The molecule has 154 valence electrons. The van der Waals surface area contributed by atoms with Gasteiger partial charge in [0.1, 0.15) is 0 Å². The number of aryl methyl sites for hydroxylation is 1. The number of nitrogens with zero attached hydrogens (tertiary/aromatic N) is 2. The maximum absolute atomic E-state index is 12.7. The standard InChI is InChI=1S/C22H26N2O4S/c1-2-18-8-10-19(11-9-18)21(25)12-13-22(26)23-14-16-24(17-15-23)29(27,28)20-6-4-3-5-7-20/h3-11H,2,12-17H2,1H3. The molecule has 1 saturated heterocycles. The summed E-state index contributed by atoms with van der Waals surface area (Å²) in [5.74, 6) is -0.161. The lowest BCUT2D eigenvalue weighted by atomic mass is 10.0. The molecule has 0 saturated carbocycles. The minimum atomic E-state index is -3.54. The fraction of sp³-hybridized carbons (Fsp3) is 0.364. The molecule has 1 fully saturated rings. The minimum absolute atomic E-state index is 0.0497. The van der Waals surface area contributed by atoms with Crippen molar-refractivity contribution in [1.29, 1.82) is 0 Å². The zero-order valence-electron chi connectivity index (χ0n) is 16.6. The van der Waals surface area contributed by atoms with Crippen molar-refractivity contribution in [3.8, 4) is 0 Å². The molecule has 0 N–H and O–H groups in total. The van der Waals surface area contributed by atoms with Crippen LogP contribution in [0.3, 0.4) is 0 Å². The molecular formula is C22H26N2O4S. The number of hydrogen-bond donors (Lipinski definition) is 0. The van der Waals surface area contributed by atoms with Crippen LogP contribution >= 0.6 is 0 Å². The van der Waals surface area contributed by atoms with Crippen LogP contribution in [-0.4, -0.2) is 55.5 Å². The minimum Gasteiger partial charge on any atom is -0.340 e. The van der Waals surface area contributed by atoms with E-state index in [-0.39, 0.29) is 42.5 Å². The number of amides is 1. The number of ketones is 1. The third-order valence-electron chi connectivity index (χ3n) is 5.22. The smallest absolute Gasteiger partial charge is 0.243 e. The summed E-state index contributed by atoms with van der Waals surface area (Å²) in [6.45, 7) is 3.25. The van der Waals surface area contributed by atoms with Crippen molar-refractivity contribution in [2.45, 2.75) is 31.1 Å². The van der Waals surface area contributed by atoms with Crippen LogP contribution in [0.1, 0.15) is 35.7 Å². The number of rotatable bonds is 7. The zero-order chi connectivity index (χ0) is 20.9. The third kappa shape index (κ3) is 5.10. The molecule has 2 aromatic carbocycles. The molecule has 0 bridgehead atoms. The molecular weight excluding hydrogens is 388 g/mol. The van der Waals surface area contributed by atoms with Gasteiger partial charge in [-0.05, 0) is 24.1 Å². The second-order valence-corrected chi connectivity index (χ2v) is 9.01. The molecule has 1 heterocycles. The first kappa shape index (κ1) is 21.2. The summed E-state index contributed by atoms with van der Waals surface area (Å²) in [4.78, 5) is 26.7. The van der Waals surface area contributed by atoms with Gasteiger partial charge in [0.2, 0.25) is 15.9 Å². The Morgan fingerprint density at radius 1 is 0.862 bits per heavy atom. The maximum atomic E-state index is 12.7. The topological polar surface area (TPSA) is 74.8 Å². The molecule has 0 atom stereocenters. The zero-order valence-corrected chi connectivity index (χ0v) is 17.4. The third-order valence-corrected chi connectivity index (χ3v) is 7.14. The van der Waals surface area contributed by atoms with Crippen molar-refractivity contribution in [2.75, 3.05) is 26.2 Å². The second-order valence-electron chi connectivity index (χ2n) is 7.07. The summed E-state index contributed by atoms with van der Waals surface area (Å²) in [5, 5.41) is 0. The highest BCUT2D eigenvalue weighted by Gasteiger charge is 2.29. The van der Waals surface area contributed by atoms with Crippen LogP contribution in [0, 0.1) is 0 Å². The van der Waals surface area contributed by atoms with Crippen LogP contribution in [0.2, 0.25) is 0 Å². The van der Waals surface area contributed by atoms with E-state index in [9.17, 15) is 18.0 Å². The van der Waals surface area contributed by atoms with Crippen LogP contribution in [0.25, 0.3) is 0 Å². The quantitative estimate of drug-likeness (QED) is 0.653. The van der Waals surface area contributed by atoms with Crippen molar-refractivity contribution in [1.82, 2.24) is 9.21 Å². The van der Waals surface area contributed by atoms with E-state index in [0.717, 1.165) is 6.42 Å². The Bertz CT molecular complexity index is 948. The normalized spacial score (nSPS) is 15.3. The molecule has 1 amide bonds. The Morgan fingerprint density at radius 3 is 2.07 bits per heavy atom. The molecule has 29 heavy (non-hydrogen) atoms. The number of carbonyl (C=O) groups excluding carboxylic acids is 2. The molecule has 0 unspecified atom stereocenters. The van der Waals surface area contributed by atoms with E-state index >= 15 is 0 Å². The Labute approximate surface area is 172 Å². The molecule has 0 aromatic heterocycles. The monoisotopic (exact) mass is 414 g/mol. The van der Waals surface area contributed by atoms with Crippen LogP contribution < -0.4 is 0 Å². The Kier molecular flexibility index (Phi) is 6.82. The van der Waals surface area contributed by atoms with Gasteiger partial charge in [-0.25, -0.2) is 8.42 Å². The maximum Gasteiger partial charge on any atom is 0.243 e. The lowest BCUT2D eigenvalue weighted by Gasteiger charge is -2.34. The first-order valence-electron chi connectivity index (χ1n) is 9.87. The van der Waals surface area contributed by atoms with Crippen molar-refractivity contribution in [3.05, 3.63) is 65.7 Å². The summed E-state index contributed by atoms with van der Waals surface area (Å²) in [5.41, 5.74) is 1.79. The van der Waals surface area contributed by atoms with Gasteiger partial charge in [0.05, 0.1) is 4.90 Å². The largest absolute Gasteiger partial charge is 0.340 e. The molecule has 7 heteroatoms. The van der Waals surface area contributed by atoms with Crippen LogP contribution in [0.5, 0.6) is 0 Å². The van der Waals surface area contributed by atoms with E-state index in [0.29, 0.717) is 18.7 Å². The van der Waals surface area contributed by atoms with Crippen LogP contribution in [-0.2, 0) is 21.2 Å². The summed E-state index contributed by atoms with van der Waals surface area (Å²) >= 11 is 0. The molecule has 0 aliphatic carbocycles. The van der Waals surface area contributed by atoms with Gasteiger partial charge in [-0.15, -0.1) is 0 Å². The van der Waals surface area contributed by atoms with Crippen molar-refractivity contribution < 1.29 is 18.0 Å². The van der Waals surface area contributed by atoms with E-state index in [1.54, 1.807) is 47.4 Å². The van der Waals surface area contributed by atoms with Gasteiger partial charge in [-0.2, -0.15) is 4.31 Å². The molecule has 0 radical (unpaired) electrons. The number of hydrogen-bond acceptors (Lipinski definition) is 4. The molecule has 6 nitrogen and oxygen atoms in total. The van der Waals surface area contributed by atoms with Crippen LogP contribution in [0.15, 0.2) is 59.5 Å². The van der Waals surface area contributed by atoms with Gasteiger partial charge in [0.25, 0.3) is 0 Å². The summed E-state index contributed by atoms with van der Waals surface area (Å²) in [6, 6.07) is 15.8. The number of sulfonamides is 1. The number of Topliss-reactive ketones (excluding diaryl/α,β-unsaturated/α-hetero) is 1. The lowest BCUT2D eigenvalue weighted by molar-refractivity contribution is -0.132. The van der Waals surface area contributed by atoms with Crippen molar-refractivity contribution in [2.24, 2.45) is 0 Å². The Morgan fingerprint density at radius 2 is 1.48 bits per heavy atom. The number of benzene rings is 2. The Balaban J connectivity index is 1.50. The first-order valence-corrected chi connectivity index (χ1v) is 11.3. The number of piperazine rings is 1. The molecule has 1 aliphatic rings. The van der Waals surface area contributed by atoms with E-state index < -0.39 is 10.0 Å². The lowest BCUT2D eigenvalue weighted by Crippen LogP contribution is -2.50. The highest BCUT2D eigenvalue weighted by atomic mass is 32.2. The van der Waals surface area contributed by atoms with Gasteiger partial charge in [0, 0.05) is 44.6 Å². The van der Waals surface area contributed by atoms with E-state index in [1.807, 2.05) is 12.1 Å². The molecule has 1 aliphatic heterocycles. The molecule has 3 rings (SSSR count). The first-order chi connectivity index (χ1) is 13.9. The van der Waals surface area contributed by atoms with E-state index in [2.05, 4.69) is 6.92 Å². The predicted octanol–water partition coefficient (Wildman–Crippen LogP) is 2.75. The second kappa shape index (κ2) is 9.33. The highest BCUT2D eigenvalue weighted by molar-refractivity contribution is 7.89. The summed E-state index contributed by atoms with van der Waals surface area (Å²) < 4.78 is 26.7. The van der Waals surface area contributed by atoms with E-state index in [4.69, 9.17) is 0 Å². The van der Waals surface area contributed by atoms with Crippen molar-refractivity contribution >= 4 is 21.7 Å². The average molecular weight is 415 g/mol. The van der Waals surface area contributed by atoms with Gasteiger partial charge >= 0.3 is 0 Å². The summed E-state index contributed by atoms with van der Waals surface area (Å²) in [7, 11) is -3.54. The van der Waals surface area contributed by atoms with Gasteiger partial charge < -0.3 is 4.90 Å². The molecule has 2 aromatic rings. The fourth-order valence-electron chi connectivity index (χ4n) is 3.37. The number of carbonyl (C=O) groups is 2. The molecule has 0 spiro atoms.